The van der Waals surface area contributed by atoms with Crippen molar-refractivity contribution in [2.24, 2.45) is 11.1 Å². The predicted octanol–water partition coefficient (Wildman–Crippen LogP) is 3.10. The van der Waals surface area contributed by atoms with Crippen LogP contribution >= 0.6 is 24.0 Å². The molecule has 3 nitrogen and oxygen atoms in total. The van der Waals surface area contributed by atoms with Crippen molar-refractivity contribution in [1.29, 1.82) is 0 Å². The molecule has 6 heteroatoms. The first-order chi connectivity index (χ1) is 7.82. The summed E-state index contributed by atoms with van der Waals surface area (Å²) in [6, 6.07) is 3.41. The first-order valence-electron chi connectivity index (χ1n) is 5.10. The second kappa shape index (κ2) is 6.36. The molecule has 0 aliphatic carbocycles. The van der Waals surface area contributed by atoms with Gasteiger partial charge in [0, 0.05) is 16.6 Å². The Morgan fingerprint density at radius 1 is 1.50 bits per heavy atom. The summed E-state index contributed by atoms with van der Waals surface area (Å²) >= 11 is 5.91. The molecule has 0 aliphatic rings. The number of nitrogens with two attached hydrogens (primary N) is 1. The molecule has 1 aromatic carbocycles. The van der Waals surface area contributed by atoms with Crippen LogP contribution in [0.4, 0.5) is 4.39 Å². The van der Waals surface area contributed by atoms with Gasteiger partial charge in [0.25, 0.3) is 0 Å². The number of hydrogen-bond acceptors (Lipinski definition) is 3. The maximum Gasteiger partial charge on any atom is 0.313 e. The molecule has 0 bridgehead atoms. The molecule has 0 heterocycles. The monoisotopic (exact) mass is 295 g/mol. The number of esters is 1. The Morgan fingerprint density at radius 2 is 2.06 bits per heavy atom. The highest BCUT2D eigenvalue weighted by Crippen LogP contribution is 2.37. The Morgan fingerprint density at radius 3 is 2.50 bits per heavy atom. The largest absolute Gasteiger partial charge is 0.469 e. The van der Waals surface area contributed by atoms with Crippen molar-refractivity contribution in [1.82, 2.24) is 0 Å². The summed E-state index contributed by atoms with van der Waals surface area (Å²) < 4.78 is 18.3. The van der Waals surface area contributed by atoms with E-state index in [4.69, 9.17) is 17.3 Å². The van der Waals surface area contributed by atoms with Gasteiger partial charge in [-0.2, -0.15) is 0 Å². The minimum absolute atomic E-state index is 0. The Hall–Kier alpha value is -0.840. The zero-order valence-electron chi connectivity index (χ0n) is 10.4. The van der Waals surface area contributed by atoms with Crippen molar-refractivity contribution in [2.75, 3.05) is 7.11 Å². The SMILES string of the molecule is COC(=O)C(C)(C)[C@@H](N)c1c(F)cccc1Cl.Cl. The predicted molar refractivity (Wildman–Crippen MR) is 71.4 cm³/mol. The smallest absolute Gasteiger partial charge is 0.313 e. The number of hydrogen-bond donors (Lipinski definition) is 1. The summed E-state index contributed by atoms with van der Waals surface area (Å²) in [7, 11) is 1.26. The quantitative estimate of drug-likeness (QED) is 0.872. The highest BCUT2D eigenvalue weighted by atomic mass is 35.5. The van der Waals surface area contributed by atoms with E-state index in [1.54, 1.807) is 13.8 Å². The van der Waals surface area contributed by atoms with Crippen molar-refractivity contribution in [3.05, 3.63) is 34.6 Å². The average Bonchev–Trinajstić information content (AvgIpc) is 2.27. The lowest BCUT2D eigenvalue weighted by atomic mass is 9.81. The van der Waals surface area contributed by atoms with Gasteiger partial charge in [-0.25, -0.2) is 4.39 Å². The summed E-state index contributed by atoms with van der Waals surface area (Å²) in [5.41, 5.74) is 5.00. The average molecular weight is 296 g/mol. The molecule has 1 aromatic rings. The normalized spacial score (nSPS) is 12.6. The lowest BCUT2D eigenvalue weighted by molar-refractivity contribution is -0.152. The fourth-order valence-electron chi connectivity index (χ4n) is 1.56. The van der Waals surface area contributed by atoms with E-state index in [0.717, 1.165) is 0 Å². The van der Waals surface area contributed by atoms with Crippen LogP contribution < -0.4 is 5.73 Å². The molecule has 0 unspecified atom stereocenters. The zero-order chi connectivity index (χ0) is 13.2. The van der Waals surface area contributed by atoms with Crippen LogP contribution in [0.5, 0.6) is 0 Å². The van der Waals surface area contributed by atoms with E-state index in [1.165, 1.54) is 25.3 Å². The van der Waals surface area contributed by atoms with Gasteiger partial charge in [-0.05, 0) is 26.0 Å². The molecule has 0 saturated carbocycles. The molecule has 102 valence electrons. The minimum atomic E-state index is -1.05. The molecule has 0 aromatic heterocycles. The van der Waals surface area contributed by atoms with E-state index < -0.39 is 23.2 Å². The number of benzene rings is 1. The van der Waals surface area contributed by atoms with Crippen LogP contribution in [0.1, 0.15) is 25.5 Å². The molecule has 0 saturated heterocycles. The van der Waals surface area contributed by atoms with Crippen molar-refractivity contribution in [3.8, 4) is 0 Å². The van der Waals surface area contributed by atoms with E-state index in [9.17, 15) is 9.18 Å². The maximum absolute atomic E-state index is 13.7. The molecule has 0 amide bonds. The number of methoxy groups -OCH3 is 1. The summed E-state index contributed by atoms with van der Waals surface area (Å²) in [6.07, 6.45) is 0. The lowest BCUT2D eigenvalue weighted by Crippen LogP contribution is -2.38. The van der Waals surface area contributed by atoms with Gasteiger partial charge in [0.15, 0.2) is 0 Å². The van der Waals surface area contributed by atoms with Crippen molar-refractivity contribution in [3.63, 3.8) is 0 Å². The third-order valence-electron chi connectivity index (χ3n) is 2.80. The number of ether oxygens (including phenoxy) is 1. The molecule has 2 N–H and O–H groups in total. The van der Waals surface area contributed by atoms with Crippen LogP contribution in [-0.4, -0.2) is 13.1 Å². The highest BCUT2D eigenvalue weighted by molar-refractivity contribution is 6.31. The van der Waals surface area contributed by atoms with Gasteiger partial charge in [-0.1, -0.05) is 17.7 Å². The number of rotatable bonds is 3. The second-order valence-corrected chi connectivity index (χ2v) is 4.73. The summed E-state index contributed by atoms with van der Waals surface area (Å²) in [6.45, 7) is 3.18. The van der Waals surface area contributed by atoms with Gasteiger partial charge >= 0.3 is 5.97 Å². The fourth-order valence-corrected chi connectivity index (χ4v) is 1.84. The van der Waals surface area contributed by atoms with Crippen molar-refractivity contribution < 1.29 is 13.9 Å². The van der Waals surface area contributed by atoms with Crippen LogP contribution in [0, 0.1) is 11.2 Å². The Kier molecular flexibility index (Phi) is 6.07. The Bertz CT molecular complexity index is 418. The van der Waals surface area contributed by atoms with Gasteiger partial charge < -0.3 is 10.5 Å². The summed E-state index contributed by atoms with van der Waals surface area (Å²) in [5.74, 6) is -1.04. The van der Waals surface area contributed by atoms with Gasteiger partial charge in [0.1, 0.15) is 5.82 Å². The van der Waals surface area contributed by atoms with E-state index >= 15 is 0 Å². The zero-order valence-corrected chi connectivity index (χ0v) is 11.9. The van der Waals surface area contributed by atoms with Gasteiger partial charge in [-0.15, -0.1) is 12.4 Å². The molecule has 0 radical (unpaired) electrons. The van der Waals surface area contributed by atoms with E-state index in [1.807, 2.05) is 0 Å². The first-order valence-corrected chi connectivity index (χ1v) is 5.48. The van der Waals surface area contributed by atoms with E-state index in [0.29, 0.717) is 0 Å². The third kappa shape index (κ3) is 3.13. The van der Waals surface area contributed by atoms with Crippen LogP contribution in [0.15, 0.2) is 18.2 Å². The maximum atomic E-state index is 13.7. The Labute approximate surface area is 117 Å². The molecule has 1 atom stereocenters. The van der Waals surface area contributed by atoms with E-state index in [-0.39, 0.29) is 23.0 Å². The van der Waals surface area contributed by atoms with Crippen LogP contribution in [0.25, 0.3) is 0 Å². The second-order valence-electron chi connectivity index (χ2n) is 4.33. The summed E-state index contributed by atoms with van der Waals surface area (Å²) in [5, 5.41) is 0.203. The number of carbonyl (C=O) groups excluding carboxylic acids is 1. The van der Waals surface area contributed by atoms with Crippen LogP contribution in [0.2, 0.25) is 5.02 Å². The van der Waals surface area contributed by atoms with Gasteiger partial charge in [-0.3, -0.25) is 4.79 Å². The highest BCUT2D eigenvalue weighted by Gasteiger charge is 2.38. The molecule has 1 rings (SSSR count). The van der Waals surface area contributed by atoms with Crippen LogP contribution in [-0.2, 0) is 9.53 Å². The first kappa shape index (κ1) is 17.2. The molecule has 0 spiro atoms. The van der Waals surface area contributed by atoms with Crippen molar-refractivity contribution in [2.45, 2.75) is 19.9 Å². The van der Waals surface area contributed by atoms with Gasteiger partial charge in [0.2, 0.25) is 0 Å². The van der Waals surface area contributed by atoms with Crippen molar-refractivity contribution >= 4 is 30.0 Å². The molecule has 0 fully saturated rings. The molecule has 0 aliphatic heterocycles. The minimum Gasteiger partial charge on any atom is -0.469 e. The van der Waals surface area contributed by atoms with Crippen LogP contribution in [0.3, 0.4) is 0 Å². The topological polar surface area (TPSA) is 52.3 Å². The number of carbonyl (C=O) groups is 1. The molecular weight excluding hydrogens is 280 g/mol. The fraction of sp³-hybridized carbons (Fsp3) is 0.417. The lowest BCUT2D eigenvalue weighted by Gasteiger charge is -2.29. The standard InChI is InChI=1S/C12H15ClFNO2.ClH/c1-12(2,11(16)17-3)10(15)9-7(13)5-4-6-8(9)14;/h4-6,10H,15H2,1-3H3;1H/t10-;/m0./s1. The molecule has 18 heavy (non-hydrogen) atoms. The third-order valence-corrected chi connectivity index (χ3v) is 3.13. The number of halogens is 3. The molecular formula is C12H16Cl2FNO2. The summed E-state index contributed by atoms with van der Waals surface area (Å²) in [4.78, 5) is 11.6. The van der Waals surface area contributed by atoms with Gasteiger partial charge in [0.05, 0.1) is 12.5 Å². The van der Waals surface area contributed by atoms with E-state index in [2.05, 4.69) is 4.74 Å². The Balaban J connectivity index is 0.00000289.